The van der Waals surface area contributed by atoms with Crippen LogP contribution in [0, 0.1) is 5.92 Å². The predicted octanol–water partition coefficient (Wildman–Crippen LogP) is -0.222. The minimum absolute atomic E-state index is 0.240. The van der Waals surface area contributed by atoms with E-state index in [4.69, 9.17) is 0 Å². The number of esters is 1. The van der Waals surface area contributed by atoms with Crippen molar-refractivity contribution < 1.29 is 19.1 Å². The molecule has 0 aromatic carbocycles. The average Bonchev–Trinajstić information content (AvgIpc) is 2.25. The summed E-state index contributed by atoms with van der Waals surface area (Å²) in [6.45, 7) is 4.89. The highest BCUT2D eigenvalue weighted by Crippen LogP contribution is 2.02. The Hall–Kier alpha value is -1.59. The van der Waals surface area contributed by atoms with Gasteiger partial charge in [-0.2, -0.15) is 0 Å². The molecule has 0 aliphatic rings. The molecule has 0 aromatic rings. The maximum atomic E-state index is 11.8. The number of nitrogens with one attached hydrogen (secondary N) is 1. The molecule has 0 rings (SSSR count). The first-order valence-electron chi connectivity index (χ1n) is 5.39. The van der Waals surface area contributed by atoms with E-state index in [0.717, 1.165) is 0 Å². The molecule has 0 heterocycles. The van der Waals surface area contributed by atoms with Crippen LogP contribution in [-0.2, 0) is 19.1 Å². The highest BCUT2D eigenvalue weighted by molar-refractivity contribution is 5.86. The van der Waals surface area contributed by atoms with Gasteiger partial charge in [0.25, 0.3) is 0 Å². The van der Waals surface area contributed by atoms with E-state index >= 15 is 0 Å². The second kappa shape index (κ2) is 6.88. The molecule has 0 bridgehead atoms. The Morgan fingerprint density at radius 1 is 1.29 bits per heavy atom. The quantitative estimate of drug-likeness (QED) is 0.678. The zero-order valence-electron chi connectivity index (χ0n) is 10.9. The zero-order chi connectivity index (χ0) is 13.6. The van der Waals surface area contributed by atoms with E-state index in [0.29, 0.717) is 0 Å². The van der Waals surface area contributed by atoms with Gasteiger partial charge >= 0.3 is 5.97 Å². The van der Waals surface area contributed by atoms with E-state index in [-0.39, 0.29) is 24.3 Å². The number of likely N-dealkylation sites (N-methyl/N-ethyl adjacent to an activating group) is 1. The predicted molar refractivity (Wildman–Crippen MR) is 62.1 cm³/mol. The lowest BCUT2D eigenvalue weighted by Crippen LogP contribution is -2.46. The van der Waals surface area contributed by atoms with Gasteiger partial charge in [-0.15, -0.1) is 0 Å². The van der Waals surface area contributed by atoms with E-state index in [1.54, 1.807) is 20.9 Å². The second-order valence-electron chi connectivity index (χ2n) is 4.07. The van der Waals surface area contributed by atoms with Crippen molar-refractivity contribution in [3.8, 4) is 0 Å². The summed E-state index contributed by atoms with van der Waals surface area (Å²) in [5.41, 5.74) is 0. The molecule has 0 spiro atoms. The summed E-state index contributed by atoms with van der Waals surface area (Å²) in [5, 5.41) is 2.49. The summed E-state index contributed by atoms with van der Waals surface area (Å²) in [7, 11) is 2.89. The molecule has 2 unspecified atom stereocenters. The highest BCUT2D eigenvalue weighted by Gasteiger charge is 2.22. The summed E-state index contributed by atoms with van der Waals surface area (Å²) < 4.78 is 4.57. The number of methoxy groups -OCH3 is 1. The lowest BCUT2D eigenvalue weighted by Gasteiger charge is -2.23. The van der Waals surface area contributed by atoms with E-state index in [1.165, 1.54) is 18.9 Å². The third-order valence-corrected chi connectivity index (χ3v) is 2.32. The molecule has 1 N–H and O–H groups in total. The molecule has 0 aliphatic carbocycles. The van der Waals surface area contributed by atoms with Crippen LogP contribution in [-0.4, -0.2) is 49.4 Å². The highest BCUT2D eigenvalue weighted by atomic mass is 16.5. The van der Waals surface area contributed by atoms with E-state index in [9.17, 15) is 14.4 Å². The van der Waals surface area contributed by atoms with Crippen molar-refractivity contribution in [2.45, 2.75) is 26.8 Å². The number of ether oxygens (including phenoxy) is 1. The second-order valence-corrected chi connectivity index (χ2v) is 4.07. The first kappa shape index (κ1) is 15.4. The molecule has 6 heteroatoms. The molecular weight excluding hydrogens is 224 g/mol. The molecule has 2 amide bonds. The largest absolute Gasteiger partial charge is 0.469 e. The van der Waals surface area contributed by atoms with Crippen LogP contribution in [0.1, 0.15) is 20.8 Å². The number of rotatable bonds is 5. The van der Waals surface area contributed by atoms with Gasteiger partial charge in [0, 0.05) is 20.5 Å². The maximum absolute atomic E-state index is 11.8. The fraction of sp³-hybridized carbons (Fsp3) is 0.727. The van der Waals surface area contributed by atoms with Crippen LogP contribution in [0.3, 0.4) is 0 Å². The van der Waals surface area contributed by atoms with Crippen LogP contribution in [0.25, 0.3) is 0 Å². The number of hydrogen-bond acceptors (Lipinski definition) is 4. The van der Waals surface area contributed by atoms with E-state index in [1.807, 2.05) is 0 Å². The van der Waals surface area contributed by atoms with Gasteiger partial charge in [-0.3, -0.25) is 14.4 Å². The van der Waals surface area contributed by atoms with Gasteiger partial charge < -0.3 is 15.0 Å². The molecule has 17 heavy (non-hydrogen) atoms. The Bertz CT molecular complexity index is 304. The first-order chi connectivity index (χ1) is 7.79. The van der Waals surface area contributed by atoms with Gasteiger partial charge in [-0.25, -0.2) is 0 Å². The molecule has 6 nitrogen and oxygen atoms in total. The van der Waals surface area contributed by atoms with Crippen LogP contribution in [0.2, 0.25) is 0 Å². The minimum atomic E-state index is -0.595. The van der Waals surface area contributed by atoms with Crippen molar-refractivity contribution in [2.75, 3.05) is 20.7 Å². The van der Waals surface area contributed by atoms with Crippen molar-refractivity contribution in [2.24, 2.45) is 5.92 Å². The van der Waals surface area contributed by atoms with Gasteiger partial charge in [0.05, 0.1) is 13.0 Å². The number of carbonyl (C=O) groups excluding carboxylic acids is 3. The molecule has 0 fully saturated rings. The Labute approximate surface area is 101 Å². The zero-order valence-corrected chi connectivity index (χ0v) is 10.9. The van der Waals surface area contributed by atoms with Crippen LogP contribution in [0.5, 0.6) is 0 Å². The Morgan fingerprint density at radius 2 is 1.82 bits per heavy atom. The lowest BCUT2D eigenvalue weighted by atomic mass is 10.1. The number of amides is 2. The van der Waals surface area contributed by atoms with Gasteiger partial charge in [-0.05, 0) is 6.92 Å². The Balaban J connectivity index is 4.31. The number of hydrogen-bond donors (Lipinski definition) is 1. The smallest absolute Gasteiger partial charge is 0.310 e. The third kappa shape index (κ3) is 5.33. The topological polar surface area (TPSA) is 75.7 Å². The Kier molecular flexibility index (Phi) is 6.23. The summed E-state index contributed by atoms with van der Waals surface area (Å²) in [4.78, 5) is 35.2. The normalized spacial score (nSPS) is 13.5. The molecular formula is C11H20N2O4. The molecule has 0 saturated heterocycles. The van der Waals surface area contributed by atoms with Crippen LogP contribution in [0.4, 0.5) is 0 Å². The Morgan fingerprint density at radius 3 is 2.24 bits per heavy atom. The fourth-order valence-corrected chi connectivity index (χ4v) is 1.47. The van der Waals surface area contributed by atoms with Gasteiger partial charge in [0.2, 0.25) is 11.8 Å². The van der Waals surface area contributed by atoms with Crippen molar-refractivity contribution >= 4 is 17.8 Å². The summed E-state index contributed by atoms with van der Waals surface area (Å²) in [5.74, 6) is -1.26. The summed E-state index contributed by atoms with van der Waals surface area (Å²) in [6.07, 6.45) is 0. The van der Waals surface area contributed by atoms with Crippen molar-refractivity contribution in [1.82, 2.24) is 10.2 Å². The standard InChI is InChI=1S/C11H20N2O4/c1-7(11(16)17-5)6-13(4)10(15)8(2)12-9(3)14/h7-8H,6H2,1-5H3,(H,12,14). The summed E-state index contributed by atoms with van der Waals surface area (Å²) >= 11 is 0. The van der Waals surface area contributed by atoms with Crippen molar-refractivity contribution in [3.63, 3.8) is 0 Å². The maximum Gasteiger partial charge on any atom is 0.310 e. The molecule has 0 aromatic heterocycles. The van der Waals surface area contributed by atoms with Gasteiger partial charge in [0.1, 0.15) is 6.04 Å². The van der Waals surface area contributed by atoms with Gasteiger partial charge in [0.15, 0.2) is 0 Å². The minimum Gasteiger partial charge on any atom is -0.469 e. The van der Waals surface area contributed by atoms with Crippen LogP contribution >= 0.6 is 0 Å². The van der Waals surface area contributed by atoms with E-state index < -0.39 is 12.0 Å². The molecule has 98 valence electrons. The lowest BCUT2D eigenvalue weighted by molar-refractivity contribution is -0.146. The summed E-state index contributed by atoms with van der Waals surface area (Å²) in [6, 6.07) is -0.595. The number of carbonyl (C=O) groups is 3. The molecule has 2 atom stereocenters. The van der Waals surface area contributed by atoms with Crippen molar-refractivity contribution in [1.29, 1.82) is 0 Å². The molecule has 0 radical (unpaired) electrons. The van der Waals surface area contributed by atoms with Crippen LogP contribution < -0.4 is 5.32 Å². The first-order valence-corrected chi connectivity index (χ1v) is 5.39. The number of nitrogens with zero attached hydrogens (tertiary/aromatic N) is 1. The fourth-order valence-electron chi connectivity index (χ4n) is 1.47. The van der Waals surface area contributed by atoms with Crippen LogP contribution in [0.15, 0.2) is 0 Å². The molecule has 0 aliphatic heterocycles. The average molecular weight is 244 g/mol. The van der Waals surface area contributed by atoms with Gasteiger partial charge in [-0.1, -0.05) is 6.92 Å². The van der Waals surface area contributed by atoms with Crippen molar-refractivity contribution in [3.05, 3.63) is 0 Å². The third-order valence-electron chi connectivity index (χ3n) is 2.32. The monoisotopic (exact) mass is 244 g/mol. The SMILES string of the molecule is COC(=O)C(C)CN(C)C(=O)C(C)NC(C)=O. The van der Waals surface area contributed by atoms with E-state index in [2.05, 4.69) is 10.1 Å². The molecule has 0 saturated carbocycles.